The molecule has 3 aromatic rings. The molecule has 2 amide bonds. The number of hydrogen-bond donors (Lipinski definition) is 0. The lowest BCUT2D eigenvalue weighted by molar-refractivity contribution is 0.0655. The smallest absolute Gasteiger partial charge is 0.261 e. The fourth-order valence-corrected chi connectivity index (χ4v) is 4.27. The first kappa shape index (κ1) is 21.8. The van der Waals surface area contributed by atoms with E-state index >= 15 is 0 Å². The predicted octanol–water partition coefficient (Wildman–Crippen LogP) is 3.96. The van der Waals surface area contributed by atoms with Crippen LogP contribution in [-0.4, -0.2) is 43.8 Å². The monoisotopic (exact) mass is 452 g/mol. The van der Waals surface area contributed by atoms with Gasteiger partial charge in [-0.15, -0.1) is 16.8 Å². The van der Waals surface area contributed by atoms with Crippen molar-refractivity contribution in [1.29, 1.82) is 0 Å². The van der Waals surface area contributed by atoms with Gasteiger partial charge in [0.15, 0.2) is 22.5 Å². The van der Waals surface area contributed by atoms with Crippen molar-refractivity contribution in [2.75, 3.05) is 12.3 Å². The molecule has 2 heterocycles. The first-order valence-electron chi connectivity index (χ1n) is 10.1. The quantitative estimate of drug-likeness (QED) is 0.201. The van der Waals surface area contributed by atoms with Gasteiger partial charge in [-0.3, -0.25) is 19.1 Å². The fraction of sp³-hybridized carbons (Fsp3) is 0.217. The van der Waals surface area contributed by atoms with E-state index in [9.17, 15) is 14.0 Å². The van der Waals surface area contributed by atoms with E-state index in [0.717, 1.165) is 0 Å². The summed E-state index contributed by atoms with van der Waals surface area (Å²) in [5.41, 5.74) is 0.908. The number of ether oxygens (including phenoxy) is 1. The largest absolute Gasteiger partial charge is 0.483 e. The number of rotatable bonds is 10. The number of para-hydroxylation sites is 1. The number of halogens is 1. The van der Waals surface area contributed by atoms with Gasteiger partial charge in [0.2, 0.25) is 0 Å². The molecule has 9 heteroatoms. The van der Waals surface area contributed by atoms with Gasteiger partial charge in [0.1, 0.15) is 6.61 Å². The summed E-state index contributed by atoms with van der Waals surface area (Å²) in [5.74, 6) is 0.393. The molecule has 0 saturated carbocycles. The van der Waals surface area contributed by atoms with Crippen LogP contribution in [0.15, 0.2) is 66.3 Å². The second kappa shape index (κ2) is 9.78. The average Bonchev–Trinajstić information content (AvgIpc) is 3.30. The van der Waals surface area contributed by atoms with E-state index in [-0.39, 0.29) is 24.2 Å². The third-order valence-corrected chi connectivity index (χ3v) is 5.99. The van der Waals surface area contributed by atoms with Crippen molar-refractivity contribution in [2.24, 2.45) is 0 Å². The Labute approximate surface area is 188 Å². The summed E-state index contributed by atoms with van der Waals surface area (Å²) < 4.78 is 21.2. The predicted molar refractivity (Wildman–Crippen MR) is 118 cm³/mol. The van der Waals surface area contributed by atoms with Gasteiger partial charge in [-0.1, -0.05) is 42.1 Å². The van der Waals surface area contributed by atoms with Gasteiger partial charge in [0, 0.05) is 18.8 Å². The standard InChI is InChI=1S/C23H21FN4O3S/c1-2-12-27-20(15-31-19-11-6-5-10-18(19)24)25-26-23(27)32-14-7-13-28-21(29)16-8-3-4-9-17(16)22(28)30/h2-6,8-11H,1,7,12-15H2. The molecule has 1 aliphatic heterocycles. The number of hydrogen-bond acceptors (Lipinski definition) is 6. The number of benzene rings is 2. The van der Waals surface area contributed by atoms with Crippen molar-refractivity contribution in [1.82, 2.24) is 19.7 Å². The van der Waals surface area contributed by atoms with Crippen molar-refractivity contribution in [3.8, 4) is 5.75 Å². The number of thioether (sulfide) groups is 1. The molecule has 0 aliphatic carbocycles. The van der Waals surface area contributed by atoms with E-state index in [1.807, 2.05) is 4.57 Å². The first-order valence-corrected chi connectivity index (χ1v) is 11.1. The maximum absolute atomic E-state index is 13.8. The highest BCUT2D eigenvalue weighted by Gasteiger charge is 2.34. The second-order valence-electron chi connectivity index (χ2n) is 7.03. The maximum Gasteiger partial charge on any atom is 0.261 e. The van der Waals surface area contributed by atoms with Crippen LogP contribution < -0.4 is 4.74 Å². The molecule has 0 N–H and O–H groups in total. The zero-order valence-corrected chi connectivity index (χ0v) is 18.1. The number of aromatic nitrogens is 3. The Morgan fingerprint density at radius 1 is 1.03 bits per heavy atom. The topological polar surface area (TPSA) is 77.3 Å². The van der Waals surface area contributed by atoms with E-state index in [1.54, 1.807) is 48.5 Å². The van der Waals surface area contributed by atoms with Gasteiger partial charge in [-0.2, -0.15) is 0 Å². The first-order chi connectivity index (χ1) is 15.6. The van der Waals surface area contributed by atoms with Crippen LogP contribution in [-0.2, 0) is 13.2 Å². The Hall–Kier alpha value is -3.46. The van der Waals surface area contributed by atoms with Crippen molar-refractivity contribution in [3.63, 3.8) is 0 Å². The summed E-state index contributed by atoms with van der Waals surface area (Å²) in [6.07, 6.45) is 2.33. The third-order valence-electron chi connectivity index (χ3n) is 4.93. The minimum absolute atomic E-state index is 0.0668. The van der Waals surface area contributed by atoms with Crippen molar-refractivity contribution in [3.05, 3.63) is 84.0 Å². The molecule has 32 heavy (non-hydrogen) atoms. The lowest BCUT2D eigenvalue weighted by atomic mass is 10.1. The van der Waals surface area contributed by atoms with Crippen LogP contribution in [0.5, 0.6) is 5.75 Å². The Bertz CT molecular complexity index is 1130. The average molecular weight is 453 g/mol. The van der Waals surface area contributed by atoms with Crippen LogP contribution in [0.4, 0.5) is 4.39 Å². The molecule has 0 saturated heterocycles. The lowest BCUT2D eigenvalue weighted by Crippen LogP contribution is -2.31. The van der Waals surface area contributed by atoms with Crippen LogP contribution in [0, 0.1) is 5.82 Å². The molecule has 1 aliphatic rings. The highest BCUT2D eigenvalue weighted by molar-refractivity contribution is 7.99. The number of carbonyl (C=O) groups is 2. The van der Waals surface area contributed by atoms with Crippen LogP contribution >= 0.6 is 11.8 Å². The number of fused-ring (bicyclic) bond motifs is 1. The highest BCUT2D eigenvalue weighted by Crippen LogP contribution is 2.24. The number of carbonyl (C=O) groups excluding carboxylic acids is 2. The number of amides is 2. The molecule has 1 aromatic heterocycles. The number of nitrogens with zero attached hydrogens (tertiary/aromatic N) is 4. The minimum atomic E-state index is -0.440. The molecule has 0 unspecified atom stereocenters. The van der Waals surface area contributed by atoms with E-state index in [2.05, 4.69) is 16.8 Å². The SMILES string of the molecule is C=CCn1c(COc2ccccc2F)nnc1SCCCN1C(=O)c2ccccc2C1=O. The van der Waals surface area contributed by atoms with Gasteiger partial charge >= 0.3 is 0 Å². The molecule has 4 rings (SSSR count). The lowest BCUT2D eigenvalue weighted by Gasteiger charge is -2.13. The van der Waals surface area contributed by atoms with Crippen LogP contribution in [0.25, 0.3) is 0 Å². The van der Waals surface area contributed by atoms with Gasteiger partial charge in [0.25, 0.3) is 11.8 Å². The summed E-state index contributed by atoms with van der Waals surface area (Å²) in [6, 6.07) is 13.0. The maximum atomic E-state index is 13.8. The molecule has 0 fully saturated rings. The van der Waals surface area contributed by atoms with Crippen LogP contribution in [0.1, 0.15) is 33.0 Å². The normalized spacial score (nSPS) is 12.8. The highest BCUT2D eigenvalue weighted by atomic mass is 32.2. The van der Waals surface area contributed by atoms with E-state index in [4.69, 9.17) is 4.74 Å². The number of allylic oxidation sites excluding steroid dienone is 1. The Morgan fingerprint density at radius 3 is 2.41 bits per heavy atom. The molecule has 0 atom stereocenters. The van der Waals surface area contributed by atoms with Gasteiger partial charge in [0.05, 0.1) is 11.1 Å². The van der Waals surface area contributed by atoms with Crippen molar-refractivity contribution < 1.29 is 18.7 Å². The van der Waals surface area contributed by atoms with Gasteiger partial charge in [-0.05, 0) is 30.7 Å². The second-order valence-corrected chi connectivity index (χ2v) is 8.09. The van der Waals surface area contributed by atoms with Gasteiger partial charge < -0.3 is 4.74 Å². The summed E-state index contributed by atoms with van der Waals surface area (Å²) in [5, 5.41) is 9.04. The molecule has 0 bridgehead atoms. The molecular weight excluding hydrogens is 431 g/mol. The summed E-state index contributed by atoms with van der Waals surface area (Å²) >= 11 is 1.47. The third kappa shape index (κ3) is 4.43. The molecule has 164 valence electrons. The zero-order valence-electron chi connectivity index (χ0n) is 17.2. The van der Waals surface area contributed by atoms with E-state index in [0.29, 0.717) is 47.4 Å². The molecule has 7 nitrogen and oxygen atoms in total. The summed E-state index contributed by atoms with van der Waals surface area (Å²) in [4.78, 5) is 26.2. The minimum Gasteiger partial charge on any atom is -0.483 e. The summed E-state index contributed by atoms with van der Waals surface area (Å²) in [7, 11) is 0. The van der Waals surface area contributed by atoms with Crippen molar-refractivity contribution in [2.45, 2.75) is 24.7 Å². The number of imide groups is 1. The molecular formula is C23H21FN4O3S. The van der Waals surface area contributed by atoms with E-state index in [1.165, 1.54) is 22.7 Å². The van der Waals surface area contributed by atoms with E-state index < -0.39 is 5.82 Å². The Morgan fingerprint density at radius 2 is 1.72 bits per heavy atom. The molecule has 2 aromatic carbocycles. The van der Waals surface area contributed by atoms with Crippen molar-refractivity contribution >= 4 is 23.6 Å². The van der Waals surface area contributed by atoms with Crippen LogP contribution in [0.2, 0.25) is 0 Å². The van der Waals surface area contributed by atoms with Crippen LogP contribution in [0.3, 0.4) is 0 Å². The molecule has 0 spiro atoms. The summed E-state index contributed by atoms with van der Waals surface area (Å²) in [6.45, 7) is 4.64. The van der Waals surface area contributed by atoms with Gasteiger partial charge in [-0.25, -0.2) is 4.39 Å². The molecule has 0 radical (unpaired) electrons. The Kier molecular flexibility index (Phi) is 6.65. The fourth-order valence-electron chi connectivity index (χ4n) is 3.38. The zero-order chi connectivity index (χ0) is 22.5. The Balaban J connectivity index is 1.34.